The molecule has 4 heterocycles. The van der Waals surface area contributed by atoms with Crippen LogP contribution < -0.4 is 15.5 Å². The molecule has 2 bridgehead atoms. The summed E-state index contributed by atoms with van der Waals surface area (Å²) in [5, 5.41) is 6.93. The summed E-state index contributed by atoms with van der Waals surface area (Å²) in [5.41, 5.74) is 0.0536. The Labute approximate surface area is 178 Å². The average molecular weight is 410 g/mol. The lowest BCUT2D eigenvalue weighted by Crippen LogP contribution is -2.62. The van der Waals surface area contributed by atoms with Crippen molar-refractivity contribution < 1.29 is 14.3 Å². The van der Waals surface area contributed by atoms with Crippen LogP contribution in [0.4, 0.5) is 5.69 Å². The number of carbonyl (C=O) groups is 2. The van der Waals surface area contributed by atoms with E-state index in [0.717, 1.165) is 18.5 Å². The highest BCUT2D eigenvalue weighted by molar-refractivity contribution is 6.03. The first-order chi connectivity index (χ1) is 14.1. The number of fused-ring (bicyclic) bond motifs is 1. The zero-order valence-corrected chi connectivity index (χ0v) is 18.1. The summed E-state index contributed by atoms with van der Waals surface area (Å²) >= 11 is 0. The van der Waals surface area contributed by atoms with E-state index in [9.17, 15) is 9.59 Å². The van der Waals surface area contributed by atoms with Gasteiger partial charge in [-0.3, -0.25) is 9.59 Å². The number of rotatable bonds is 3. The Balaban J connectivity index is 1.37. The van der Waals surface area contributed by atoms with E-state index >= 15 is 0 Å². The van der Waals surface area contributed by atoms with Gasteiger partial charge in [0.15, 0.2) is 0 Å². The van der Waals surface area contributed by atoms with E-state index in [1.165, 1.54) is 0 Å². The molecule has 4 aliphatic rings. The van der Waals surface area contributed by atoms with Crippen LogP contribution in [0.1, 0.15) is 40.5 Å². The molecule has 0 aromatic heterocycles. The van der Waals surface area contributed by atoms with E-state index in [4.69, 9.17) is 4.74 Å². The minimum Gasteiger partial charge on any atom is -0.360 e. The smallest absolute Gasteiger partial charge is 0.234 e. The van der Waals surface area contributed by atoms with Gasteiger partial charge in [0.05, 0.1) is 24.5 Å². The second-order valence-corrected chi connectivity index (χ2v) is 10.7. The lowest BCUT2D eigenvalue weighted by Gasteiger charge is -2.47. The molecule has 3 fully saturated rings. The van der Waals surface area contributed by atoms with E-state index in [2.05, 4.69) is 38.3 Å². The molecule has 2 unspecified atom stereocenters. The fourth-order valence-corrected chi connectivity index (χ4v) is 6.35. The lowest BCUT2D eigenvalue weighted by molar-refractivity contribution is -0.132. The van der Waals surface area contributed by atoms with Crippen molar-refractivity contribution in [1.82, 2.24) is 10.6 Å². The highest BCUT2D eigenvalue weighted by atomic mass is 16.5. The number of nitrogens with zero attached hydrogens (tertiary/aromatic N) is 1. The van der Waals surface area contributed by atoms with Crippen molar-refractivity contribution >= 4 is 17.5 Å². The third-order valence-electron chi connectivity index (χ3n) is 7.01. The van der Waals surface area contributed by atoms with Crippen LogP contribution in [0.25, 0.3) is 0 Å². The molecule has 160 valence electrons. The number of piperidine rings is 1. The van der Waals surface area contributed by atoms with Gasteiger partial charge in [-0.25, -0.2) is 0 Å². The van der Waals surface area contributed by atoms with Crippen LogP contribution in [0, 0.1) is 11.8 Å². The molecule has 0 radical (unpaired) electrons. The fourth-order valence-electron chi connectivity index (χ4n) is 6.35. The molecule has 4 atom stereocenters. The average Bonchev–Trinajstić information content (AvgIpc) is 3.28. The third-order valence-corrected chi connectivity index (χ3v) is 7.01. The van der Waals surface area contributed by atoms with E-state index in [1.54, 1.807) is 4.90 Å². The van der Waals surface area contributed by atoms with Crippen molar-refractivity contribution in [1.29, 1.82) is 0 Å². The quantitative estimate of drug-likeness (QED) is 0.752. The van der Waals surface area contributed by atoms with E-state index in [1.807, 2.05) is 42.5 Å². The van der Waals surface area contributed by atoms with Gasteiger partial charge in [-0.05, 0) is 52.7 Å². The molecule has 6 nitrogen and oxygen atoms in total. The van der Waals surface area contributed by atoms with E-state index in [0.29, 0.717) is 6.54 Å². The highest BCUT2D eigenvalue weighted by Crippen LogP contribution is 2.52. The largest absolute Gasteiger partial charge is 0.360 e. The first kappa shape index (κ1) is 19.8. The lowest BCUT2D eigenvalue weighted by atomic mass is 9.75. The molecule has 2 N–H and O–H groups in total. The Hall–Kier alpha value is -2.18. The van der Waals surface area contributed by atoms with Crippen molar-refractivity contribution in [2.24, 2.45) is 11.8 Å². The van der Waals surface area contributed by atoms with Crippen molar-refractivity contribution in [3.05, 3.63) is 42.5 Å². The van der Waals surface area contributed by atoms with Crippen LogP contribution in [-0.4, -0.2) is 47.2 Å². The van der Waals surface area contributed by atoms with E-state index in [-0.39, 0.29) is 35.0 Å². The predicted octanol–water partition coefficient (Wildman–Crippen LogP) is 2.40. The molecule has 30 heavy (non-hydrogen) atoms. The van der Waals surface area contributed by atoms with Gasteiger partial charge in [-0.15, -0.1) is 0 Å². The molecule has 1 aromatic carbocycles. The Morgan fingerprint density at radius 2 is 1.80 bits per heavy atom. The summed E-state index contributed by atoms with van der Waals surface area (Å²) < 4.78 is 6.26. The summed E-state index contributed by atoms with van der Waals surface area (Å²) in [7, 11) is 0. The van der Waals surface area contributed by atoms with Crippen LogP contribution >= 0.6 is 0 Å². The van der Waals surface area contributed by atoms with Gasteiger partial charge in [0.1, 0.15) is 5.60 Å². The van der Waals surface area contributed by atoms with E-state index < -0.39 is 17.4 Å². The fraction of sp³-hybridized carbons (Fsp3) is 0.583. The Bertz CT molecular complexity index is 894. The maximum atomic E-state index is 13.4. The summed E-state index contributed by atoms with van der Waals surface area (Å²) in [6.45, 7) is 9.14. The number of benzene rings is 1. The van der Waals surface area contributed by atoms with Crippen molar-refractivity contribution in [3.8, 4) is 0 Å². The molecule has 3 saturated heterocycles. The van der Waals surface area contributed by atoms with Crippen molar-refractivity contribution in [2.45, 2.75) is 69.4 Å². The number of para-hydroxylation sites is 1. The van der Waals surface area contributed by atoms with Crippen LogP contribution in [0.2, 0.25) is 0 Å². The Morgan fingerprint density at radius 3 is 2.47 bits per heavy atom. The van der Waals surface area contributed by atoms with Crippen LogP contribution in [0.15, 0.2) is 42.5 Å². The van der Waals surface area contributed by atoms with Crippen molar-refractivity contribution in [3.63, 3.8) is 0 Å². The molecule has 4 aliphatic heterocycles. The summed E-state index contributed by atoms with van der Waals surface area (Å²) in [4.78, 5) is 28.6. The molecule has 6 heteroatoms. The second-order valence-electron chi connectivity index (χ2n) is 10.7. The molecule has 1 spiro atoms. The van der Waals surface area contributed by atoms with Gasteiger partial charge in [0, 0.05) is 22.8 Å². The summed E-state index contributed by atoms with van der Waals surface area (Å²) in [6.07, 6.45) is 5.37. The Morgan fingerprint density at radius 1 is 1.13 bits per heavy atom. The molecule has 5 rings (SSSR count). The van der Waals surface area contributed by atoms with Crippen molar-refractivity contribution in [2.75, 3.05) is 11.4 Å². The summed E-state index contributed by atoms with van der Waals surface area (Å²) in [5.74, 6) is -1.01. The summed E-state index contributed by atoms with van der Waals surface area (Å²) in [6, 6.07) is 9.72. The number of anilines is 1. The molecule has 1 aromatic rings. The number of hydrogen-bond donors (Lipinski definition) is 2. The van der Waals surface area contributed by atoms with Gasteiger partial charge in [-0.1, -0.05) is 30.4 Å². The molecule has 2 amide bonds. The normalized spacial score (nSPS) is 36.2. The first-order valence-corrected chi connectivity index (χ1v) is 10.9. The van der Waals surface area contributed by atoms with Crippen LogP contribution in [0.3, 0.4) is 0 Å². The number of nitrogens with one attached hydrogen (secondary N) is 2. The van der Waals surface area contributed by atoms with Crippen LogP contribution in [-0.2, 0) is 14.3 Å². The second kappa shape index (κ2) is 6.41. The first-order valence-electron chi connectivity index (χ1n) is 10.9. The third kappa shape index (κ3) is 3.08. The maximum absolute atomic E-state index is 13.4. The predicted molar refractivity (Wildman–Crippen MR) is 115 cm³/mol. The SMILES string of the molecule is CC1(C)CC(NC(=O)C2C3C(=O)N(c4ccccc4)C[C@@]34C=C[C@H]2O4)CC(C)(C)N1. The Kier molecular flexibility index (Phi) is 4.22. The number of ether oxygens (including phenoxy) is 1. The molecule has 0 saturated carbocycles. The van der Waals surface area contributed by atoms with Gasteiger partial charge >= 0.3 is 0 Å². The molecular weight excluding hydrogens is 378 g/mol. The number of amides is 2. The maximum Gasteiger partial charge on any atom is 0.234 e. The zero-order valence-electron chi connectivity index (χ0n) is 18.1. The van der Waals surface area contributed by atoms with Gasteiger partial charge in [0.25, 0.3) is 0 Å². The van der Waals surface area contributed by atoms with Gasteiger partial charge in [-0.2, -0.15) is 0 Å². The van der Waals surface area contributed by atoms with Gasteiger partial charge < -0.3 is 20.3 Å². The number of carbonyl (C=O) groups excluding carboxylic acids is 2. The topological polar surface area (TPSA) is 70.7 Å². The minimum absolute atomic E-state index is 0.0147. The number of hydrogen-bond acceptors (Lipinski definition) is 4. The monoisotopic (exact) mass is 409 g/mol. The zero-order chi connectivity index (χ0) is 21.3. The minimum atomic E-state index is -0.688. The molecular formula is C24H31N3O3. The van der Waals surface area contributed by atoms with Crippen LogP contribution in [0.5, 0.6) is 0 Å². The van der Waals surface area contributed by atoms with Gasteiger partial charge in [0.2, 0.25) is 11.8 Å². The standard InChI is InChI=1S/C24H31N3O3/c1-22(2)12-15(13-23(3,4)26-22)25-20(28)18-17-10-11-24(30-17)14-27(21(29)19(18)24)16-8-6-5-7-9-16/h5-11,15,17-19,26H,12-14H2,1-4H3,(H,25,28)/t17-,18?,19?,24+/m1/s1. The molecule has 0 aliphatic carbocycles. The highest BCUT2D eigenvalue weighted by Gasteiger charge is 2.67.